The van der Waals surface area contributed by atoms with Crippen LogP contribution in [0.5, 0.6) is 0 Å². The Balaban J connectivity index is 2.56. The van der Waals surface area contributed by atoms with Gasteiger partial charge in [-0.15, -0.1) is 0 Å². The summed E-state index contributed by atoms with van der Waals surface area (Å²) in [7, 11) is 0. The fourth-order valence-electron chi connectivity index (χ4n) is 1.36. The number of hydrogen-bond donors (Lipinski definition) is 2. The molecule has 1 aromatic heterocycles. The second-order valence-corrected chi connectivity index (χ2v) is 4.20. The summed E-state index contributed by atoms with van der Waals surface area (Å²) in [4.78, 5) is 14.6. The molecule has 15 heavy (non-hydrogen) atoms. The Morgan fingerprint density at radius 2 is 2.33 bits per heavy atom. The third kappa shape index (κ3) is 3.67. The average molecular weight is 207 g/mol. The molecule has 3 N–H and O–H groups in total. The van der Waals surface area contributed by atoms with E-state index in [1.54, 1.807) is 6.20 Å². The summed E-state index contributed by atoms with van der Waals surface area (Å²) in [5.41, 5.74) is 6.14. The minimum atomic E-state index is -0.336. The Labute approximate surface area is 89.9 Å². The zero-order chi connectivity index (χ0) is 11.3. The molecule has 82 valence electrons. The Morgan fingerprint density at radius 3 is 2.87 bits per heavy atom. The van der Waals surface area contributed by atoms with Crippen LogP contribution in [0, 0.1) is 0 Å². The first kappa shape index (κ1) is 11.7. The van der Waals surface area contributed by atoms with E-state index in [0.717, 1.165) is 5.56 Å². The highest BCUT2D eigenvalue weighted by Crippen LogP contribution is 2.20. The van der Waals surface area contributed by atoms with E-state index in [-0.39, 0.29) is 17.9 Å². The number of amides is 1. The molecular weight excluding hydrogens is 190 g/mol. The Hall–Kier alpha value is -1.42. The largest absolute Gasteiger partial charge is 0.369 e. The molecule has 0 bridgehead atoms. The van der Waals surface area contributed by atoms with E-state index in [9.17, 15) is 4.79 Å². The molecule has 1 heterocycles. The van der Waals surface area contributed by atoms with Crippen molar-refractivity contribution in [3.8, 4) is 0 Å². The van der Waals surface area contributed by atoms with Crippen LogP contribution in [0.25, 0.3) is 0 Å². The lowest BCUT2D eigenvalue weighted by molar-refractivity contribution is -0.117. The first-order chi connectivity index (χ1) is 7.02. The van der Waals surface area contributed by atoms with Gasteiger partial charge < -0.3 is 11.1 Å². The lowest BCUT2D eigenvalue weighted by Crippen LogP contribution is -2.37. The van der Waals surface area contributed by atoms with Crippen LogP contribution in [0.15, 0.2) is 24.5 Å². The minimum Gasteiger partial charge on any atom is -0.369 e. The second-order valence-electron chi connectivity index (χ2n) is 4.20. The van der Waals surface area contributed by atoms with E-state index in [1.807, 2.05) is 18.3 Å². The van der Waals surface area contributed by atoms with Crippen molar-refractivity contribution in [3.05, 3.63) is 30.1 Å². The van der Waals surface area contributed by atoms with Crippen molar-refractivity contribution >= 4 is 5.91 Å². The zero-order valence-electron chi connectivity index (χ0n) is 9.16. The third-order valence-corrected chi connectivity index (χ3v) is 2.31. The predicted molar refractivity (Wildman–Crippen MR) is 59.3 cm³/mol. The molecule has 4 nitrogen and oxygen atoms in total. The van der Waals surface area contributed by atoms with Crippen LogP contribution < -0.4 is 11.1 Å². The van der Waals surface area contributed by atoms with Crippen LogP contribution in [0.1, 0.15) is 19.4 Å². The summed E-state index contributed by atoms with van der Waals surface area (Å²) in [5, 5.41) is 3.02. The summed E-state index contributed by atoms with van der Waals surface area (Å²) in [6, 6.07) is 3.93. The molecule has 0 fully saturated rings. The van der Waals surface area contributed by atoms with Gasteiger partial charge in [0.1, 0.15) is 0 Å². The Morgan fingerprint density at radius 1 is 1.60 bits per heavy atom. The fourth-order valence-corrected chi connectivity index (χ4v) is 1.36. The van der Waals surface area contributed by atoms with Crippen molar-refractivity contribution in [2.45, 2.75) is 19.3 Å². The van der Waals surface area contributed by atoms with Crippen molar-refractivity contribution < 1.29 is 4.79 Å². The highest BCUT2D eigenvalue weighted by atomic mass is 16.1. The average Bonchev–Trinajstić information content (AvgIpc) is 2.18. The number of carbonyl (C=O) groups is 1. The molecule has 0 saturated carbocycles. The monoisotopic (exact) mass is 207 g/mol. The normalized spacial score (nSPS) is 11.3. The van der Waals surface area contributed by atoms with Gasteiger partial charge in [0.2, 0.25) is 5.91 Å². The lowest BCUT2D eigenvalue weighted by atomic mass is 9.86. The van der Waals surface area contributed by atoms with Crippen LogP contribution in [0.3, 0.4) is 0 Å². The number of rotatable bonds is 5. The van der Waals surface area contributed by atoms with E-state index in [4.69, 9.17) is 5.73 Å². The first-order valence-electron chi connectivity index (χ1n) is 4.92. The van der Waals surface area contributed by atoms with Gasteiger partial charge in [-0.2, -0.15) is 0 Å². The summed E-state index contributed by atoms with van der Waals surface area (Å²) in [6.45, 7) is 5.10. The van der Waals surface area contributed by atoms with E-state index in [0.29, 0.717) is 6.54 Å². The summed E-state index contributed by atoms with van der Waals surface area (Å²) >= 11 is 0. The van der Waals surface area contributed by atoms with Crippen molar-refractivity contribution in [1.82, 2.24) is 10.3 Å². The molecule has 0 aromatic carbocycles. The van der Waals surface area contributed by atoms with E-state index in [1.165, 1.54) is 0 Å². The van der Waals surface area contributed by atoms with E-state index >= 15 is 0 Å². The van der Waals surface area contributed by atoms with E-state index in [2.05, 4.69) is 24.1 Å². The minimum absolute atomic E-state index is 0.0519. The smallest absolute Gasteiger partial charge is 0.231 e. The fraction of sp³-hybridized carbons (Fsp3) is 0.455. The van der Waals surface area contributed by atoms with Crippen LogP contribution in [0.2, 0.25) is 0 Å². The molecular formula is C11H17N3O. The number of aromatic nitrogens is 1. The molecule has 0 radical (unpaired) electrons. The van der Waals surface area contributed by atoms with Gasteiger partial charge >= 0.3 is 0 Å². The molecule has 1 aromatic rings. The molecule has 4 heteroatoms. The van der Waals surface area contributed by atoms with Crippen molar-refractivity contribution in [2.24, 2.45) is 5.73 Å². The highest BCUT2D eigenvalue weighted by molar-refractivity contribution is 5.75. The molecule has 1 amide bonds. The maximum Gasteiger partial charge on any atom is 0.231 e. The molecule has 0 aliphatic rings. The quantitative estimate of drug-likeness (QED) is 0.736. The van der Waals surface area contributed by atoms with Gasteiger partial charge in [0.05, 0.1) is 6.54 Å². The van der Waals surface area contributed by atoms with Gasteiger partial charge in [-0.3, -0.25) is 9.78 Å². The maximum absolute atomic E-state index is 10.6. The SMILES string of the molecule is CC(C)(CNCC(N)=O)c1cccnc1. The molecule has 0 spiro atoms. The van der Waals surface area contributed by atoms with Crippen molar-refractivity contribution in [1.29, 1.82) is 0 Å². The van der Waals surface area contributed by atoms with Gasteiger partial charge in [0.25, 0.3) is 0 Å². The highest BCUT2D eigenvalue weighted by Gasteiger charge is 2.20. The number of hydrogen-bond acceptors (Lipinski definition) is 3. The molecule has 1 rings (SSSR count). The van der Waals surface area contributed by atoms with Crippen molar-refractivity contribution in [2.75, 3.05) is 13.1 Å². The molecule has 0 unspecified atom stereocenters. The van der Waals surface area contributed by atoms with Crippen LogP contribution >= 0.6 is 0 Å². The number of pyridine rings is 1. The summed E-state index contributed by atoms with van der Waals surface area (Å²) in [5.74, 6) is -0.336. The standard InChI is InChI=1S/C11H17N3O/c1-11(2,8-14-7-10(12)15)9-4-3-5-13-6-9/h3-6,14H,7-8H2,1-2H3,(H2,12,15). The van der Waals surface area contributed by atoms with Crippen molar-refractivity contribution in [3.63, 3.8) is 0 Å². The first-order valence-corrected chi connectivity index (χ1v) is 4.92. The van der Waals surface area contributed by atoms with Crippen LogP contribution in [-0.4, -0.2) is 24.0 Å². The van der Waals surface area contributed by atoms with Gasteiger partial charge in [0, 0.05) is 24.4 Å². The number of nitrogens with two attached hydrogens (primary N) is 1. The van der Waals surface area contributed by atoms with Gasteiger partial charge in [-0.05, 0) is 11.6 Å². The molecule has 0 saturated heterocycles. The second kappa shape index (κ2) is 4.89. The summed E-state index contributed by atoms with van der Waals surface area (Å²) < 4.78 is 0. The van der Waals surface area contributed by atoms with Gasteiger partial charge in [-0.25, -0.2) is 0 Å². The van der Waals surface area contributed by atoms with E-state index < -0.39 is 0 Å². The third-order valence-electron chi connectivity index (χ3n) is 2.31. The number of nitrogens with one attached hydrogen (secondary N) is 1. The van der Waals surface area contributed by atoms with Gasteiger partial charge in [0.15, 0.2) is 0 Å². The topological polar surface area (TPSA) is 68.0 Å². The summed E-state index contributed by atoms with van der Waals surface area (Å²) in [6.07, 6.45) is 3.59. The number of nitrogens with zero attached hydrogens (tertiary/aromatic N) is 1. The maximum atomic E-state index is 10.6. The van der Waals surface area contributed by atoms with Crippen LogP contribution in [-0.2, 0) is 10.2 Å². The lowest BCUT2D eigenvalue weighted by Gasteiger charge is -2.24. The molecule has 0 aliphatic carbocycles. The number of carbonyl (C=O) groups excluding carboxylic acids is 1. The Kier molecular flexibility index (Phi) is 3.80. The van der Waals surface area contributed by atoms with Gasteiger partial charge in [-0.1, -0.05) is 19.9 Å². The molecule has 0 atom stereocenters. The predicted octanol–water partition coefficient (Wildman–Crippen LogP) is 0.434. The zero-order valence-corrected chi connectivity index (χ0v) is 9.16. The number of primary amides is 1. The van der Waals surface area contributed by atoms with Crippen LogP contribution in [0.4, 0.5) is 0 Å². The Bertz CT molecular complexity index is 322. The molecule has 0 aliphatic heterocycles.